The van der Waals surface area contributed by atoms with Crippen molar-refractivity contribution >= 4 is 0 Å². The van der Waals surface area contributed by atoms with Crippen LogP contribution in [0.5, 0.6) is 0 Å². The number of nitrogens with one attached hydrogen (secondary N) is 1. The molecule has 1 heterocycles. The highest BCUT2D eigenvalue weighted by molar-refractivity contribution is 5.39. The molecule has 0 amide bonds. The van der Waals surface area contributed by atoms with Crippen molar-refractivity contribution < 1.29 is 13.9 Å². The lowest BCUT2D eigenvalue weighted by Crippen LogP contribution is -2.46. The molecule has 1 fully saturated rings. The molecular weight excluding hydrogens is 272 g/mol. The summed E-state index contributed by atoms with van der Waals surface area (Å²) >= 11 is 0. The zero-order valence-corrected chi connectivity index (χ0v) is 11.5. The van der Waals surface area contributed by atoms with Crippen molar-refractivity contribution in [2.45, 2.75) is 24.5 Å². The molecule has 2 nitrogen and oxygen atoms in total. The van der Waals surface area contributed by atoms with Crippen LogP contribution in [0.4, 0.5) is 8.78 Å². The van der Waals surface area contributed by atoms with Crippen molar-refractivity contribution in [2.75, 3.05) is 6.54 Å². The molecule has 2 aromatic rings. The van der Waals surface area contributed by atoms with Gasteiger partial charge in [-0.1, -0.05) is 24.3 Å². The van der Waals surface area contributed by atoms with Gasteiger partial charge in [0, 0.05) is 6.04 Å². The zero-order valence-electron chi connectivity index (χ0n) is 11.5. The molecule has 0 saturated carbocycles. The van der Waals surface area contributed by atoms with E-state index in [1.807, 2.05) is 0 Å². The third-order valence-corrected chi connectivity index (χ3v) is 4.09. The average Bonchev–Trinajstić information content (AvgIpc) is 3.01. The van der Waals surface area contributed by atoms with Crippen LogP contribution in [-0.4, -0.2) is 17.7 Å². The minimum absolute atomic E-state index is 0.263. The second-order valence-corrected chi connectivity index (χ2v) is 5.44. The minimum Gasteiger partial charge on any atom is -0.379 e. The summed E-state index contributed by atoms with van der Waals surface area (Å²) in [5.74, 6) is -0.833. The van der Waals surface area contributed by atoms with E-state index < -0.39 is 17.2 Å². The van der Waals surface area contributed by atoms with Gasteiger partial charge in [-0.3, -0.25) is 0 Å². The number of rotatable bonds is 3. The molecule has 4 heteroatoms. The van der Waals surface area contributed by atoms with Crippen LogP contribution >= 0.6 is 0 Å². The molecule has 0 aromatic heterocycles. The number of halogens is 2. The third-order valence-electron chi connectivity index (χ3n) is 4.09. The summed E-state index contributed by atoms with van der Waals surface area (Å²) in [7, 11) is 0. The Morgan fingerprint density at radius 3 is 2.00 bits per heavy atom. The van der Waals surface area contributed by atoms with E-state index >= 15 is 0 Å². The number of hydrogen-bond donors (Lipinski definition) is 2. The molecule has 1 atom stereocenters. The van der Waals surface area contributed by atoms with Gasteiger partial charge in [0.2, 0.25) is 0 Å². The molecule has 0 bridgehead atoms. The fourth-order valence-electron chi connectivity index (χ4n) is 3.06. The van der Waals surface area contributed by atoms with Gasteiger partial charge in [-0.05, 0) is 54.8 Å². The Morgan fingerprint density at radius 2 is 1.57 bits per heavy atom. The van der Waals surface area contributed by atoms with Gasteiger partial charge in [-0.15, -0.1) is 0 Å². The van der Waals surface area contributed by atoms with E-state index in [-0.39, 0.29) is 6.04 Å². The molecule has 0 spiro atoms. The lowest BCUT2D eigenvalue weighted by Gasteiger charge is -2.35. The molecule has 110 valence electrons. The Labute approximate surface area is 122 Å². The second-order valence-electron chi connectivity index (χ2n) is 5.44. The molecule has 2 N–H and O–H groups in total. The summed E-state index contributed by atoms with van der Waals surface area (Å²) in [5, 5.41) is 14.5. The molecule has 3 rings (SSSR count). The highest BCUT2D eigenvalue weighted by Crippen LogP contribution is 2.37. The lowest BCUT2D eigenvalue weighted by atomic mass is 9.79. The molecule has 0 unspecified atom stereocenters. The molecule has 1 saturated heterocycles. The Morgan fingerprint density at radius 1 is 1.00 bits per heavy atom. The average molecular weight is 289 g/mol. The SMILES string of the molecule is OC(c1cccc(F)c1)(c1cccc(F)c1)[C@@H]1CCCN1. The zero-order chi connectivity index (χ0) is 14.9. The smallest absolute Gasteiger partial charge is 0.130 e. The maximum absolute atomic E-state index is 13.6. The first-order chi connectivity index (χ1) is 10.1. The van der Waals surface area contributed by atoms with Gasteiger partial charge in [0.1, 0.15) is 17.2 Å². The lowest BCUT2D eigenvalue weighted by molar-refractivity contribution is 0.0436. The monoisotopic (exact) mass is 289 g/mol. The molecule has 0 aliphatic carbocycles. The van der Waals surface area contributed by atoms with E-state index in [0.29, 0.717) is 11.1 Å². The van der Waals surface area contributed by atoms with E-state index in [1.165, 1.54) is 24.3 Å². The molecule has 2 aromatic carbocycles. The van der Waals surface area contributed by atoms with Crippen molar-refractivity contribution in [3.05, 3.63) is 71.3 Å². The highest BCUT2D eigenvalue weighted by Gasteiger charge is 2.41. The van der Waals surface area contributed by atoms with E-state index in [2.05, 4.69) is 5.32 Å². The van der Waals surface area contributed by atoms with Gasteiger partial charge < -0.3 is 10.4 Å². The van der Waals surface area contributed by atoms with Crippen LogP contribution in [-0.2, 0) is 5.60 Å². The Hall–Kier alpha value is -1.78. The van der Waals surface area contributed by atoms with Crippen molar-refractivity contribution in [1.29, 1.82) is 0 Å². The van der Waals surface area contributed by atoms with Crippen molar-refractivity contribution in [2.24, 2.45) is 0 Å². The Kier molecular flexibility index (Phi) is 3.74. The second kappa shape index (κ2) is 5.54. The standard InChI is InChI=1S/C17H17F2NO/c18-14-6-1-4-12(10-14)17(21,16-8-3-9-20-16)13-5-2-7-15(19)11-13/h1-2,4-7,10-11,16,20-21H,3,8-9H2/t16-/m0/s1. The van der Waals surface area contributed by atoms with E-state index in [9.17, 15) is 13.9 Å². The normalized spacial score (nSPS) is 18.9. The summed E-state index contributed by atoms with van der Waals surface area (Å²) in [6.07, 6.45) is 1.68. The predicted molar refractivity (Wildman–Crippen MR) is 76.8 cm³/mol. The van der Waals surface area contributed by atoms with Crippen LogP contribution in [0.25, 0.3) is 0 Å². The topological polar surface area (TPSA) is 32.3 Å². The summed E-state index contributed by atoms with van der Waals surface area (Å²) in [4.78, 5) is 0. The molecule has 1 aliphatic heterocycles. The summed E-state index contributed by atoms with van der Waals surface area (Å²) in [6, 6.07) is 11.5. The molecule has 1 aliphatic rings. The highest BCUT2D eigenvalue weighted by atomic mass is 19.1. The largest absolute Gasteiger partial charge is 0.379 e. The summed E-state index contributed by atoms with van der Waals surface area (Å²) in [6.45, 7) is 0.789. The van der Waals surface area contributed by atoms with Crippen molar-refractivity contribution in [3.8, 4) is 0 Å². The van der Waals surface area contributed by atoms with Crippen LogP contribution < -0.4 is 5.32 Å². The van der Waals surface area contributed by atoms with Gasteiger partial charge >= 0.3 is 0 Å². The first kappa shape index (κ1) is 14.2. The van der Waals surface area contributed by atoms with Gasteiger partial charge in [-0.25, -0.2) is 8.78 Å². The number of hydrogen-bond acceptors (Lipinski definition) is 2. The maximum Gasteiger partial charge on any atom is 0.130 e. The van der Waals surface area contributed by atoms with Crippen molar-refractivity contribution in [3.63, 3.8) is 0 Å². The molecule has 21 heavy (non-hydrogen) atoms. The number of benzene rings is 2. The minimum atomic E-state index is -1.44. The molecular formula is C17H17F2NO. The Balaban J connectivity index is 2.15. The fraction of sp³-hybridized carbons (Fsp3) is 0.294. The van der Waals surface area contributed by atoms with E-state index in [0.717, 1.165) is 19.4 Å². The summed E-state index contributed by atoms with van der Waals surface area (Å²) < 4.78 is 27.1. The molecule has 0 radical (unpaired) electrons. The van der Waals surface area contributed by atoms with Crippen LogP contribution in [0, 0.1) is 11.6 Å². The Bertz CT molecular complexity index is 593. The van der Waals surface area contributed by atoms with Crippen LogP contribution in [0.1, 0.15) is 24.0 Å². The van der Waals surface area contributed by atoms with Gasteiger partial charge in [0.25, 0.3) is 0 Å². The van der Waals surface area contributed by atoms with Crippen LogP contribution in [0.3, 0.4) is 0 Å². The van der Waals surface area contributed by atoms with E-state index in [4.69, 9.17) is 0 Å². The number of aliphatic hydroxyl groups is 1. The predicted octanol–water partition coefficient (Wildman–Crippen LogP) is 2.95. The van der Waals surface area contributed by atoms with Crippen molar-refractivity contribution in [1.82, 2.24) is 5.32 Å². The van der Waals surface area contributed by atoms with Gasteiger partial charge in [-0.2, -0.15) is 0 Å². The first-order valence-electron chi connectivity index (χ1n) is 7.08. The first-order valence-corrected chi connectivity index (χ1v) is 7.08. The quantitative estimate of drug-likeness (QED) is 0.910. The van der Waals surface area contributed by atoms with Gasteiger partial charge in [0.05, 0.1) is 0 Å². The van der Waals surface area contributed by atoms with Crippen LogP contribution in [0.2, 0.25) is 0 Å². The third kappa shape index (κ3) is 2.57. The fourth-order valence-corrected chi connectivity index (χ4v) is 3.06. The summed E-state index contributed by atoms with van der Waals surface area (Å²) in [5.41, 5.74) is -0.569. The van der Waals surface area contributed by atoms with Crippen LogP contribution in [0.15, 0.2) is 48.5 Å². The van der Waals surface area contributed by atoms with E-state index in [1.54, 1.807) is 24.3 Å². The maximum atomic E-state index is 13.6. The van der Waals surface area contributed by atoms with Gasteiger partial charge in [0.15, 0.2) is 0 Å².